The van der Waals surface area contributed by atoms with E-state index < -0.39 is 0 Å². The summed E-state index contributed by atoms with van der Waals surface area (Å²) in [4.78, 5) is 0. The SMILES string of the molecule is N#CCc1cc(CO)cc2ccccc12. The zero-order valence-electron chi connectivity index (χ0n) is 8.27. The predicted molar refractivity (Wildman–Crippen MR) is 59.2 cm³/mol. The molecule has 0 aliphatic heterocycles. The number of hydrogen-bond donors (Lipinski definition) is 1. The Balaban J connectivity index is 2.70. The fraction of sp³-hybridized carbons (Fsp3) is 0.154. The molecule has 0 saturated carbocycles. The van der Waals surface area contributed by atoms with Crippen LogP contribution in [0.2, 0.25) is 0 Å². The first-order valence-electron chi connectivity index (χ1n) is 4.83. The third kappa shape index (κ3) is 1.83. The first kappa shape index (κ1) is 9.70. The van der Waals surface area contributed by atoms with E-state index in [1.165, 1.54) is 0 Å². The second-order valence-electron chi connectivity index (χ2n) is 3.47. The van der Waals surface area contributed by atoms with E-state index in [0.29, 0.717) is 6.42 Å². The van der Waals surface area contributed by atoms with Gasteiger partial charge < -0.3 is 5.11 Å². The van der Waals surface area contributed by atoms with Crippen molar-refractivity contribution >= 4 is 10.8 Å². The minimum atomic E-state index is 0.0171. The zero-order valence-corrected chi connectivity index (χ0v) is 8.27. The normalized spacial score (nSPS) is 10.1. The highest BCUT2D eigenvalue weighted by Crippen LogP contribution is 2.21. The molecule has 0 spiro atoms. The molecule has 0 aromatic heterocycles. The van der Waals surface area contributed by atoms with Crippen molar-refractivity contribution in [2.45, 2.75) is 13.0 Å². The molecule has 2 heteroatoms. The number of nitrogens with zero attached hydrogens (tertiary/aromatic N) is 1. The molecule has 74 valence electrons. The first-order chi connectivity index (χ1) is 7.35. The van der Waals surface area contributed by atoms with E-state index in [9.17, 15) is 0 Å². The topological polar surface area (TPSA) is 44.0 Å². The first-order valence-corrected chi connectivity index (χ1v) is 4.83. The minimum absolute atomic E-state index is 0.0171. The molecule has 1 N–H and O–H groups in total. The van der Waals surface area contributed by atoms with Crippen molar-refractivity contribution in [3.05, 3.63) is 47.5 Å². The summed E-state index contributed by atoms with van der Waals surface area (Å²) in [5.41, 5.74) is 1.85. The van der Waals surface area contributed by atoms with E-state index in [1.54, 1.807) is 0 Å². The van der Waals surface area contributed by atoms with E-state index in [-0.39, 0.29) is 6.61 Å². The van der Waals surface area contributed by atoms with E-state index in [4.69, 9.17) is 10.4 Å². The summed E-state index contributed by atoms with van der Waals surface area (Å²) in [6.07, 6.45) is 0.383. The number of aliphatic hydroxyl groups excluding tert-OH is 1. The summed E-state index contributed by atoms with van der Waals surface area (Å²) in [6, 6.07) is 13.9. The molecule has 0 unspecified atom stereocenters. The number of hydrogen-bond acceptors (Lipinski definition) is 2. The van der Waals surface area contributed by atoms with E-state index >= 15 is 0 Å². The van der Waals surface area contributed by atoms with Crippen LogP contribution in [0.15, 0.2) is 36.4 Å². The molecule has 2 aromatic carbocycles. The number of nitriles is 1. The van der Waals surface area contributed by atoms with Crippen LogP contribution in [-0.4, -0.2) is 5.11 Å². The number of aliphatic hydroxyl groups is 1. The Morgan fingerprint density at radius 1 is 1.20 bits per heavy atom. The largest absolute Gasteiger partial charge is 0.392 e. The van der Waals surface area contributed by atoms with Gasteiger partial charge in [0.1, 0.15) is 0 Å². The van der Waals surface area contributed by atoms with E-state index in [2.05, 4.69) is 6.07 Å². The van der Waals surface area contributed by atoms with Crippen molar-refractivity contribution in [2.24, 2.45) is 0 Å². The van der Waals surface area contributed by atoms with Crippen LogP contribution in [0.25, 0.3) is 10.8 Å². The summed E-state index contributed by atoms with van der Waals surface area (Å²) in [5.74, 6) is 0. The van der Waals surface area contributed by atoms with Crippen LogP contribution in [-0.2, 0) is 13.0 Å². The summed E-state index contributed by atoms with van der Waals surface area (Å²) in [7, 11) is 0. The van der Waals surface area contributed by atoms with Crippen molar-refractivity contribution < 1.29 is 5.11 Å². The Bertz CT molecular complexity index is 526. The summed E-state index contributed by atoms with van der Waals surface area (Å²) in [6.45, 7) is 0.0171. The lowest BCUT2D eigenvalue weighted by molar-refractivity contribution is 0.282. The Hall–Kier alpha value is -1.85. The van der Waals surface area contributed by atoms with Crippen LogP contribution < -0.4 is 0 Å². The van der Waals surface area contributed by atoms with Gasteiger partial charge in [-0.15, -0.1) is 0 Å². The highest BCUT2D eigenvalue weighted by Gasteiger charge is 2.02. The van der Waals surface area contributed by atoms with Crippen LogP contribution >= 0.6 is 0 Å². The molecule has 0 aliphatic rings. The smallest absolute Gasteiger partial charge is 0.0682 e. The molecule has 0 fully saturated rings. The molecular weight excluding hydrogens is 186 g/mol. The Morgan fingerprint density at radius 3 is 2.73 bits per heavy atom. The van der Waals surface area contributed by atoms with Gasteiger partial charge in [0, 0.05) is 0 Å². The molecule has 0 amide bonds. The molecule has 2 rings (SSSR count). The van der Waals surface area contributed by atoms with Gasteiger partial charge in [-0.3, -0.25) is 0 Å². The van der Waals surface area contributed by atoms with Gasteiger partial charge in [-0.1, -0.05) is 30.3 Å². The summed E-state index contributed by atoms with van der Waals surface area (Å²) < 4.78 is 0. The lowest BCUT2D eigenvalue weighted by Gasteiger charge is -2.06. The van der Waals surface area contributed by atoms with Gasteiger partial charge in [0.05, 0.1) is 19.1 Å². The lowest BCUT2D eigenvalue weighted by Crippen LogP contribution is -1.90. The van der Waals surface area contributed by atoms with Gasteiger partial charge in [-0.2, -0.15) is 5.26 Å². The van der Waals surface area contributed by atoms with E-state index in [1.807, 2.05) is 36.4 Å². The minimum Gasteiger partial charge on any atom is -0.392 e. The molecule has 2 aromatic rings. The molecule has 0 saturated heterocycles. The third-order valence-corrected chi connectivity index (χ3v) is 2.46. The van der Waals surface area contributed by atoms with Crippen molar-refractivity contribution in [3.63, 3.8) is 0 Å². The maximum atomic E-state index is 9.11. The summed E-state index contributed by atoms with van der Waals surface area (Å²) in [5, 5.41) is 20.0. The number of fused-ring (bicyclic) bond motifs is 1. The van der Waals surface area contributed by atoms with Crippen molar-refractivity contribution in [3.8, 4) is 6.07 Å². The van der Waals surface area contributed by atoms with Crippen LogP contribution in [0.4, 0.5) is 0 Å². The second kappa shape index (κ2) is 4.12. The lowest BCUT2D eigenvalue weighted by atomic mass is 9.99. The monoisotopic (exact) mass is 197 g/mol. The zero-order chi connectivity index (χ0) is 10.7. The Morgan fingerprint density at radius 2 is 2.00 bits per heavy atom. The van der Waals surface area contributed by atoms with Gasteiger partial charge in [-0.05, 0) is 28.0 Å². The quantitative estimate of drug-likeness (QED) is 0.803. The molecule has 15 heavy (non-hydrogen) atoms. The van der Waals surface area contributed by atoms with Crippen LogP contribution in [0.1, 0.15) is 11.1 Å². The average molecular weight is 197 g/mol. The van der Waals surface area contributed by atoms with Gasteiger partial charge in [0.15, 0.2) is 0 Å². The van der Waals surface area contributed by atoms with E-state index in [0.717, 1.165) is 21.9 Å². The third-order valence-electron chi connectivity index (χ3n) is 2.46. The molecule has 0 aliphatic carbocycles. The highest BCUT2D eigenvalue weighted by atomic mass is 16.3. The second-order valence-corrected chi connectivity index (χ2v) is 3.47. The van der Waals surface area contributed by atoms with Crippen molar-refractivity contribution in [2.75, 3.05) is 0 Å². The fourth-order valence-electron chi connectivity index (χ4n) is 1.78. The molecule has 2 nitrogen and oxygen atoms in total. The fourth-order valence-corrected chi connectivity index (χ4v) is 1.78. The van der Waals surface area contributed by atoms with Crippen molar-refractivity contribution in [1.82, 2.24) is 0 Å². The molecule has 0 atom stereocenters. The maximum Gasteiger partial charge on any atom is 0.0682 e. The van der Waals surface area contributed by atoms with Crippen molar-refractivity contribution in [1.29, 1.82) is 5.26 Å². The highest BCUT2D eigenvalue weighted by molar-refractivity contribution is 5.86. The van der Waals surface area contributed by atoms with Gasteiger partial charge in [0.2, 0.25) is 0 Å². The maximum absolute atomic E-state index is 9.11. The van der Waals surface area contributed by atoms with Crippen LogP contribution in [0.3, 0.4) is 0 Å². The van der Waals surface area contributed by atoms with Gasteiger partial charge >= 0.3 is 0 Å². The number of benzene rings is 2. The number of rotatable bonds is 2. The van der Waals surface area contributed by atoms with Crippen LogP contribution in [0.5, 0.6) is 0 Å². The van der Waals surface area contributed by atoms with Gasteiger partial charge in [0.25, 0.3) is 0 Å². The Labute approximate surface area is 88.4 Å². The standard InChI is InChI=1S/C13H11NO/c14-6-5-12-8-10(9-15)7-11-3-1-2-4-13(11)12/h1-4,7-8,15H,5,9H2. The van der Waals surface area contributed by atoms with Gasteiger partial charge in [-0.25, -0.2) is 0 Å². The summed E-state index contributed by atoms with van der Waals surface area (Å²) >= 11 is 0. The molecule has 0 bridgehead atoms. The molecule has 0 radical (unpaired) electrons. The Kier molecular flexibility index (Phi) is 2.66. The average Bonchev–Trinajstić information content (AvgIpc) is 2.29. The molecular formula is C13H11NO. The predicted octanol–water partition coefficient (Wildman–Crippen LogP) is 2.40. The molecule has 0 heterocycles. The van der Waals surface area contributed by atoms with Crippen LogP contribution in [0, 0.1) is 11.3 Å².